The summed E-state index contributed by atoms with van der Waals surface area (Å²) in [6, 6.07) is 5.65. The van der Waals surface area contributed by atoms with E-state index >= 15 is 0 Å². The number of aryl methyl sites for hydroxylation is 1. The highest BCUT2D eigenvalue weighted by atomic mass is 35.5. The summed E-state index contributed by atoms with van der Waals surface area (Å²) >= 11 is 6.17. The Morgan fingerprint density at radius 1 is 1.48 bits per heavy atom. The van der Waals surface area contributed by atoms with Crippen molar-refractivity contribution < 1.29 is 9.21 Å². The van der Waals surface area contributed by atoms with Crippen LogP contribution in [0.25, 0.3) is 11.0 Å². The van der Waals surface area contributed by atoms with E-state index in [4.69, 9.17) is 21.8 Å². The van der Waals surface area contributed by atoms with E-state index in [0.717, 1.165) is 30.3 Å². The second-order valence-electron chi connectivity index (χ2n) is 6.19. The van der Waals surface area contributed by atoms with Crippen molar-refractivity contribution in [3.63, 3.8) is 0 Å². The summed E-state index contributed by atoms with van der Waals surface area (Å²) in [5.74, 6) is 0.909. The van der Waals surface area contributed by atoms with Crippen LogP contribution in [0.15, 0.2) is 22.6 Å². The molecule has 6 heteroatoms. The van der Waals surface area contributed by atoms with Gasteiger partial charge in [0.25, 0.3) is 5.91 Å². The fraction of sp³-hybridized carbons (Fsp3) is 0.471. The summed E-state index contributed by atoms with van der Waals surface area (Å²) in [5.41, 5.74) is 7.29. The van der Waals surface area contributed by atoms with Gasteiger partial charge in [-0.05, 0) is 31.7 Å². The molecule has 23 heavy (non-hydrogen) atoms. The van der Waals surface area contributed by atoms with Crippen LogP contribution in [0.2, 0.25) is 5.02 Å². The number of carbonyl (C=O) groups is 1. The highest BCUT2D eigenvalue weighted by Crippen LogP contribution is 2.32. The largest absolute Gasteiger partial charge is 0.449 e. The number of hydrogen-bond donors (Lipinski definition) is 1. The maximum atomic E-state index is 12.9. The first kappa shape index (κ1) is 18.1. The summed E-state index contributed by atoms with van der Waals surface area (Å²) in [6.07, 6.45) is 1.95. The molecule has 0 bridgehead atoms. The molecule has 3 rings (SSSR count). The van der Waals surface area contributed by atoms with Crippen molar-refractivity contribution in [2.24, 2.45) is 11.7 Å². The Kier molecular flexibility index (Phi) is 5.61. The van der Waals surface area contributed by atoms with Crippen molar-refractivity contribution in [3.05, 3.63) is 34.5 Å². The first-order valence-corrected chi connectivity index (χ1v) is 8.09. The van der Waals surface area contributed by atoms with E-state index in [0.29, 0.717) is 28.8 Å². The number of amides is 1. The van der Waals surface area contributed by atoms with E-state index in [1.807, 2.05) is 24.0 Å². The maximum Gasteiger partial charge on any atom is 0.290 e. The minimum absolute atomic E-state index is 0. The van der Waals surface area contributed by atoms with Gasteiger partial charge in [-0.15, -0.1) is 12.4 Å². The molecule has 0 saturated carbocycles. The second-order valence-corrected chi connectivity index (χ2v) is 6.60. The Balaban J connectivity index is 0.00000192. The molecule has 2 atom stereocenters. The van der Waals surface area contributed by atoms with E-state index in [2.05, 4.69) is 6.92 Å². The number of nitrogens with zero attached hydrogens (tertiary/aromatic N) is 1. The first-order valence-electron chi connectivity index (χ1n) is 7.71. The first-order chi connectivity index (χ1) is 10.5. The highest BCUT2D eigenvalue weighted by molar-refractivity contribution is 6.35. The highest BCUT2D eigenvalue weighted by Gasteiger charge is 2.32. The van der Waals surface area contributed by atoms with Gasteiger partial charge in [0, 0.05) is 30.1 Å². The number of halogens is 2. The normalized spacial score (nSPS) is 21.3. The molecule has 0 radical (unpaired) electrons. The van der Waals surface area contributed by atoms with Gasteiger partial charge in [0.1, 0.15) is 0 Å². The molecular weight excluding hydrogens is 335 g/mol. The predicted molar refractivity (Wildman–Crippen MR) is 95.5 cm³/mol. The molecule has 0 spiro atoms. The number of nitrogens with two attached hydrogens (primary N) is 1. The molecular formula is C17H22Cl2N2O2. The second kappa shape index (κ2) is 7.12. The van der Waals surface area contributed by atoms with Crippen molar-refractivity contribution in [2.75, 3.05) is 13.1 Å². The van der Waals surface area contributed by atoms with Crippen LogP contribution in [0.1, 0.15) is 35.9 Å². The summed E-state index contributed by atoms with van der Waals surface area (Å²) in [7, 11) is 0. The van der Waals surface area contributed by atoms with Gasteiger partial charge in [0.2, 0.25) is 0 Å². The monoisotopic (exact) mass is 356 g/mol. The molecule has 2 unspecified atom stereocenters. The molecule has 0 aliphatic carbocycles. The number of furan rings is 1. The van der Waals surface area contributed by atoms with Crippen LogP contribution < -0.4 is 5.73 Å². The van der Waals surface area contributed by atoms with Crippen LogP contribution in [0, 0.1) is 12.8 Å². The van der Waals surface area contributed by atoms with Gasteiger partial charge in [-0.25, -0.2) is 0 Å². The third-order valence-electron chi connectivity index (χ3n) is 4.62. The Hall–Kier alpha value is -1.23. The molecule has 1 aromatic carbocycles. The number of para-hydroxylation sites is 1. The molecule has 1 aliphatic heterocycles. The van der Waals surface area contributed by atoms with Crippen molar-refractivity contribution >= 4 is 40.9 Å². The zero-order chi connectivity index (χ0) is 15.9. The number of carbonyl (C=O) groups excluding carboxylic acids is 1. The molecule has 1 aliphatic rings. The fourth-order valence-corrected chi connectivity index (χ4v) is 3.50. The average molecular weight is 357 g/mol. The topological polar surface area (TPSA) is 59.5 Å². The third-order valence-corrected chi connectivity index (χ3v) is 4.92. The molecule has 1 fully saturated rings. The van der Waals surface area contributed by atoms with Gasteiger partial charge in [0.05, 0.1) is 5.02 Å². The van der Waals surface area contributed by atoms with E-state index < -0.39 is 0 Å². The lowest BCUT2D eigenvalue weighted by atomic mass is 9.92. The van der Waals surface area contributed by atoms with Gasteiger partial charge < -0.3 is 15.1 Å². The summed E-state index contributed by atoms with van der Waals surface area (Å²) in [5, 5.41) is 1.42. The number of benzene rings is 1. The van der Waals surface area contributed by atoms with Gasteiger partial charge in [-0.3, -0.25) is 4.79 Å². The molecule has 4 nitrogen and oxygen atoms in total. The zero-order valence-corrected chi connectivity index (χ0v) is 14.9. The lowest BCUT2D eigenvalue weighted by molar-refractivity contribution is 0.0543. The van der Waals surface area contributed by atoms with E-state index in [9.17, 15) is 4.79 Å². The Morgan fingerprint density at radius 2 is 2.22 bits per heavy atom. The zero-order valence-electron chi connectivity index (χ0n) is 13.3. The van der Waals surface area contributed by atoms with Crippen molar-refractivity contribution in [1.29, 1.82) is 0 Å². The average Bonchev–Trinajstić information content (AvgIpc) is 2.85. The SMILES string of the molecule is Cc1c(C(=O)N2CCC(C)CC2CN)oc2c(Cl)cccc12.Cl. The summed E-state index contributed by atoms with van der Waals surface area (Å²) < 4.78 is 5.80. The summed E-state index contributed by atoms with van der Waals surface area (Å²) in [6.45, 7) is 5.32. The quantitative estimate of drug-likeness (QED) is 0.883. The number of piperidine rings is 1. The molecule has 1 amide bonds. The lowest BCUT2D eigenvalue weighted by Crippen LogP contribution is -2.49. The minimum atomic E-state index is -0.0767. The standard InChI is InChI=1S/C17H21ClN2O2.ClH/c1-10-6-7-20(12(8-10)9-19)17(21)15-11(2)13-4-3-5-14(18)16(13)22-15;/h3-5,10,12H,6-9,19H2,1-2H3;1H. The van der Waals surface area contributed by atoms with Crippen molar-refractivity contribution in [1.82, 2.24) is 4.90 Å². The molecule has 2 N–H and O–H groups in total. The Morgan fingerprint density at radius 3 is 2.87 bits per heavy atom. The van der Waals surface area contributed by atoms with E-state index in [-0.39, 0.29) is 24.4 Å². The molecule has 126 valence electrons. The van der Waals surface area contributed by atoms with Crippen LogP contribution in [0.4, 0.5) is 0 Å². The summed E-state index contributed by atoms with van der Waals surface area (Å²) in [4.78, 5) is 14.8. The predicted octanol–water partition coefficient (Wildman–Crippen LogP) is 4.02. The van der Waals surface area contributed by atoms with Crippen LogP contribution in [0.5, 0.6) is 0 Å². The molecule has 2 aromatic rings. The van der Waals surface area contributed by atoms with Gasteiger partial charge in [0.15, 0.2) is 11.3 Å². The molecule has 2 heterocycles. The maximum absolute atomic E-state index is 12.9. The Bertz CT molecular complexity index is 714. The lowest BCUT2D eigenvalue weighted by Gasteiger charge is -2.37. The fourth-order valence-electron chi connectivity index (χ4n) is 3.29. The van der Waals surface area contributed by atoms with Crippen molar-refractivity contribution in [3.8, 4) is 0 Å². The van der Waals surface area contributed by atoms with Crippen LogP contribution in [-0.2, 0) is 0 Å². The van der Waals surface area contributed by atoms with Crippen LogP contribution >= 0.6 is 24.0 Å². The number of likely N-dealkylation sites (tertiary alicyclic amines) is 1. The van der Waals surface area contributed by atoms with E-state index in [1.165, 1.54) is 0 Å². The Labute approximate surface area is 147 Å². The number of fused-ring (bicyclic) bond motifs is 1. The third kappa shape index (κ3) is 3.21. The smallest absolute Gasteiger partial charge is 0.290 e. The molecule has 1 aromatic heterocycles. The number of rotatable bonds is 2. The van der Waals surface area contributed by atoms with Crippen molar-refractivity contribution in [2.45, 2.75) is 32.7 Å². The number of hydrogen-bond acceptors (Lipinski definition) is 3. The van der Waals surface area contributed by atoms with Gasteiger partial charge >= 0.3 is 0 Å². The minimum Gasteiger partial charge on any atom is -0.449 e. The van der Waals surface area contributed by atoms with E-state index in [1.54, 1.807) is 6.07 Å². The van der Waals surface area contributed by atoms with Gasteiger partial charge in [-0.2, -0.15) is 0 Å². The van der Waals surface area contributed by atoms with Crippen LogP contribution in [0.3, 0.4) is 0 Å². The molecule has 1 saturated heterocycles. The van der Waals surface area contributed by atoms with Crippen LogP contribution in [-0.4, -0.2) is 29.9 Å². The van der Waals surface area contributed by atoms with Gasteiger partial charge in [-0.1, -0.05) is 30.7 Å².